The van der Waals surface area contributed by atoms with Crippen molar-refractivity contribution in [3.8, 4) is 0 Å². The molecule has 0 atom stereocenters. The van der Waals surface area contributed by atoms with Crippen LogP contribution in [0.1, 0.15) is 5.56 Å². The Hall–Kier alpha value is -1.65. The van der Waals surface area contributed by atoms with Gasteiger partial charge in [0.15, 0.2) is 11.6 Å². The Morgan fingerprint density at radius 3 is 2.47 bits per heavy atom. The normalized spacial score (nSPS) is 10.9. The van der Waals surface area contributed by atoms with Gasteiger partial charge in [-0.1, -0.05) is 41.4 Å². The van der Waals surface area contributed by atoms with Crippen molar-refractivity contribution < 1.29 is 8.78 Å². The number of anilines is 1. The van der Waals surface area contributed by atoms with E-state index in [-0.39, 0.29) is 15.6 Å². The summed E-state index contributed by atoms with van der Waals surface area (Å²) in [5, 5.41) is 3.64. The lowest BCUT2D eigenvalue weighted by Gasteiger charge is -2.04. The molecule has 0 unspecified atom stereocenters. The molecule has 2 rings (SSSR count). The molecule has 0 aliphatic rings. The molecule has 0 fully saturated rings. The van der Waals surface area contributed by atoms with E-state index in [2.05, 4.69) is 10.5 Å². The molecule has 0 spiro atoms. The number of hydrazone groups is 1. The van der Waals surface area contributed by atoms with E-state index in [0.29, 0.717) is 5.69 Å². The molecule has 0 saturated carbocycles. The first-order valence-corrected chi connectivity index (χ1v) is 6.02. The monoisotopic (exact) mass is 300 g/mol. The van der Waals surface area contributed by atoms with Gasteiger partial charge in [0, 0.05) is 0 Å². The molecule has 2 aromatic rings. The first-order chi connectivity index (χ1) is 9.09. The van der Waals surface area contributed by atoms with E-state index in [9.17, 15) is 8.78 Å². The molecule has 0 aliphatic carbocycles. The smallest absolute Gasteiger partial charge is 0.169 e. The van der Waals surface area contributed by atoms with Crippen molar-refractivity contribution in [2.45, 2.75) is 0 Å². The third-order valence-corrected chi connectivity index (χ3v) is 3.11. The van der Waals surface area contributed by atoms with E-state index < -0.39 is 11.6 Å². The average Bonchev–Trinajstić information content (AvgIpc) is 2.42. The third-order valence-electron chi connectivity index (χ3n) is 2.31. The summed E-state index contributed by atoms with van der Waals surface area (Å²) in [7, 11) is 0. The van der Waals surface area contributed by atoms with Gasteiger partial charge < -0.3 is 0 Å². The Bertz CT molecular complexity index is 590. The van der Waals surface area contributed by atoms with Gasteiger partial charge in [0.25, 0.3) is 0 Å². The van der Waals surface area contributed by atoms with Crippen molar-refractivity contribution in [2.75, 3.05) is 5.43 Å². The topological polar surface area (TPSA) is 24.4 Å². The van der Waals surface area contributed by atoms with E-state index in [1.54, 1.807) is 12.1 Å². The van der Waals surface area contributed by atoms with Crippen LogP contribution in [-0.4, -0.2) is 6.21 Å². The maximum absolute atomic E-state index is 13.5. The van der Waals surface area contributed by atoms with E-state index in [1.807, 2.05) is 18.2 Å². The van der Waals surface area contributed by atoms with Crippen LogP contribution < -0.4 is 5.43 Å². The highest BCUT2D eigenvalue weighted by atomic mass is 35.5. The lowest BCUT2D eigenvalue weighted by molar-refractivity contribution is 0.507. The van der Waals surface area contributed by atoms with E-state index in [1.165, 1.54) is 0 Å². The van der Waals surface area contributed by atoms with Crippen LogP contribution in [0, 0.1) is 11.6 Å². The zero-order chi connectivity index (χ0) is 13.8. The van der Waals surface area contributed by atoms with Gasteiger partial charge >= 0.3 is 0 Å². The minimum atomic E-state index is -1.09. The van der Waals surface area contributed by atoms with E-state index in [0.717, 1.165) is 12.3 Å². The number of para-hydroxylation sites is 1. The second kappa shape index (κ2) is 5.99. The first-order valence-electron chi connectivity index (χ1n) is 5.26. The highest BCUT2D eigenvalue weighted by Gasteiger charge is 2.14. The Morgan fingerprint density at radius 1 is 1.11 bits per heavy atom. The number of benzene rings is 2. The molecule has 0 bridgehead atoms. The predicted octanol–water partition coefficient (Wildman–Crippen LogP) is 4.72. The average molecular weight is 301 g/mol. The maximum atomic E-state index is 13.5. The Balaban J connectivity index is 2.24. The summed E-state index contributed by atoms with van der Waals surface area (Å²) in [5.41, 5.74) is 3.17. The molecule has 0 saturated heterocycles. The quantitative estimate of drug-likeness (QED) is 0.495. The fourth-order valence-electron chi connectivity index (χ4n) is 1.39. The molecule has 0 amide bonds. The number of rotatable bonds is 3. The van der Waals surface area contributed by atoms with Gasteiger partial charge in [0.2, 0.25) is 0 Å². The third kappa shape index (κ3) is 3.22. The fraction of sp³-hybridized carbons (Fsp3) is 0. The Kier molecular flexibility index (Phi) is 4.35. The highest BCUT2D eigenvalue weighted by molar-refractivity contribution is 6.43. The predicted molar refractivity (Wildman–Crippen MR) is 74.0 cm³/mol. The number of nitrogens with one attached hydrogen (secondary N) is 1. The lowest BCUT2D eigenvalue weighted by atomic mass is 10.2. The van der Waals surface area contributed by atoms with Crippen LogP contribution in [-0.2, 0) is 0 Å². The standard InChI is InChI=1S/C13H8Cl2F2N2/c14-10-6-11(16)13(17)9(12(10)15)7-18-19-8-4-2-1-3-5-8/h1-7,19H. The van der Waals surface area contributed by atoms with Crippen LogP contribution >= 0.6 is 23.2 Å². The maximum Gasteiger partial charge on any atom is 0.169 e. The van der Waals surface area contributed by atoms with Gasteiger partial charge in [-0.2, -0.15) is 5.10 Å². The van der Waals surface area contributed by atoms with Crippen molar-refractivity contribution in [1.82, 2.24) is 0 Å². The van der Waals surface area contributed by atoms with Crippen LogP contribution in [0.3, 0.4) is 0 Å². The number of nitrogens with zero attached hydrogens (tertiary/aromatic N) is 1. The summed E-state index contributed by atoms with van der Waals surface area (Å²) in [5.74, 6) is -2.16. The van der Waals surface area contributed by atoms with Gasteiger partial charge in [-0.05, 0) is 18.2 Å². The van der Waals surface area contributed by atoms with Gasteiger partial charge in [-0.15, -0.1) is 0 Å². The number of hydrogen-bond donors (Lipinski definition) is 1. The summed E-state index contributed by atoms with van der Waals surface area (Å²) in [4.78, 5) is 0. The zero-order valence-corrected chi connectivity index (χ0v) is 11.0. The fourth-order valence-corrected chi connectivity index (χ4v) is 1.77. The molecular weight excluding hydrogens is 293 g/mol. The van der Waals surface area contributed by atoms with Crippen LogP contribution in [0.15, 0.2) is 41.5 Å². The number of halogens is 4. The summed E-state index contributed by atoms with van der Waals surface area (Å²) in [6.45, 7) is 0. The van der Waals surface area contributed by atoms with Crippen molar-refractivity contribution in [3.05, 3.63) is 63.6 Å². The minimum absolute atomic E-state index is 0.0678. The summed E-state index contributed by atoms with van der Waals surface area (Å²) >= 11 is 11.5. The molecule has 98 valence electrons. The van der Waals surface area contributed by atoms with Crippen LogP contribution in [0.4, 0.5) is 14.5 Å². The van der Waals surface area contributed by atoms with Crippen molar-refractivity contribution in [1.29, 1.82) is 0 Å². The second-order valence-corrected chi connectivity index (χ2v) is 4.40. The summed E-state index contributed by atoms with van der Waals surface area (Å²) in [6.07, 6.45) is 1.08. The molecule has 2 aromatic carbocycles. The largest absolute Gasteiger partial charge is 0.279 e. The summed E-state index contributed by atoms with van der Waals surface area (Å²) < 4.78 is 26.7. The molecule has 1 N–H and O–H groups in total. The molecule has 0 heterocycles. The molecule has 0 aliphatic heterocycles. The van der Waals surface area contributed by atoms with Crippen LogP contribution in [0.2, 0.25) is 10.0 Å². The van der Waals surface area contributed by atoms with Crippen molar-refractivity contribution in [3.63, 3.8) is 0 Å². The first kappa shape index (κ1) is 13.8. The molecule has 0 radical (unpaired) electrons. The van der Waals surface area contributed by atoms with Crippen molar-refractivity contribution >= 4 is 35.1 Å². The molecule has 6 heteroatoms. The van der Waals surface area contributed by atoms with Gasteiger partial charge in [-0.25, -0.2) is 8.78 Å². The van der Waals surface area contributed by atoms with Crippen LogP contribution in [0.25, 0.3) is 0 Å². The van der Waals surface area contributed by atoms with Gasteiger partial charge in [0.1, 0.15) is 0 Å². The summed E-state index contributed by atoms with van der Waals surface area (Å²) in [6, 6.07) is 9.83. The van der Waals surface area contributed by atoms with Crippen molar-refractivity contribution in [2.24, 2.45) is 5.10 Å². The zero-order valence-electron chi connectivity index (χ0n) is 9.50. The van der Waals surface area contributed by atoms with Gasteiger partial charge in [0.05, 0.1) is 27.5 Å². The molecule has 2 nitrogen and oxygen atoms in total. The minimum Gasteiger partial charge on any atom is -0.279 e. The van der Waals surface area contributed by atoms with Crippen LogP contribution in [0.5, 0.6) is 0 Å². The lowest BCUT2D eigenvalue weighted by Crippen LogP contribution is -1.98. The highest BCUT2D eigenvalue weighted by Crippen LogP contribution is 2.28. The molecular formula is C13H8Cl2F2N2. The van der Waals surface area contributed by atoms with E-state index in [4.69, 9.17) is 23.2 Å². The number of hydrogen-bond acceptors (Lipinski definition) is 2. The van der Waals surface area contributed by atoms with E-state index >= 15 is 0 Å². The Morgan fingerprint density at radius 2 is 1.79 bits per heavy atom. The van der Waals surface area contributed by atoms with Gasteiger partial charge in [-0.3, -0.25) is 5.43 Å². The molecule has 0 aromatic heterocycles. The Labute approximate surface area is 118 Å². The molecule has 19 heavy (non-hydrogen) atoms. The SMILES string of the molecule is Fc1cc(Cl)c(Cl)c(C=NNc2ccccc2)c1F. The second-order valence-electron chi connectivity index (χ2n) is 3.62.